The highest BCUT2D eigenvalue weighted by Crippen LogP contribution is 2.39. The molecular weight excluding hydrogens is 452 g/mol. The number of unbranched alkanes of at least 4 members (excludes halogenated alkanes) is 1. The topological polar surface area (TPSA) is 112 Å². The van der Waals surface area contributed by atoms with Gasteiger partial charge in [0, 0.05) is 19.1 Å². The Morgan fingerprint density at radius 1 is 1.21 bits per heavy atom. The summed E-state index contributed by atoms with van der Waals surface area (Å²) in [6.45, 7) is 6.28. The minimum atomic E-state index is -3.78. The number of nitrogens with two attached hydrogens (primary N) is 1. The Hall–Kier alpha value is -1.88. The van der Waals surface area contributed by atoms with E-state index >= 15 is 0 Å². The molecule has 2 unspecified atom stereocenters. The summed E-state index contributed by atoms with van der Waals surface area (Å²) >= 11 is 0. The van der Waals surface area contributed by atoms with Gasteiger partial charge in [-0.05, 0) is 75.2 Å². The number of benzene rings is 1. The molecule has 3 aliphatic rings. The Balaban J connectivity index is 1.31. The van der Waals surface area contributed by atoms with Crippen LogP contribution in [0.1, 0.15) is 75.5 Å². The third-order valence-electron chi connectivity index (χ3n) is 7.01. The molecule has 190 valence electrons. The summed E-state index contributed by atoms with van der Waals surface area (Å²) in [6, 6.07) is 7.02. The van der Waals surface area contributed by atoms with Gasteiger partial charge in [0.05, 0.1) is 6.61 Å². The molecule has 0 amide bonds. The summed E-state index contributed by atoms with van der Waals surface area (Å²) in [7, 11) is -3.78. The Morgan fingerprint density at radius 3 is 2.82 bits per heavy atom. The van der Waals surface area contributed by atoms with E-state index in [0.717, 1.165) is 31.4 Å². The molecule has 0 spiro atoms. The summed E-state index contributed by atoms with van der Waals surface area (Å²) < 4.78 is 36.3. The first kappa shape index (κ1) is 25.2. The van der Waals surface area contributed by atoms with Crippen molar-refractivity contribution in [1.82, 2.24) is 19.8 Å². The third kappa shape index (κ3) is 6.21. The van der Waals surface area contributed by atoms with E-state index in [1.165, 1.54) is 56.3 Å². The van der Waals surface area contributed by atoms with Crippen LogP contribution >= 0.6 is 0 Å². The molecular formula is C24H40N6O3S. The molecule has 2 heterocycles. The van der Waals surface area contributed by atoms with Crippen molar-refractivity contribution in [1.29, 1.82) is 0 Å². The second kappa shape index (κ2) is 11.7. The monoisotopic (exact) mass is 492 g/mol. The number of rotatable bonds is 10. The number of hydrogen-bond acceptors (Lipinski definition) is 7. The van der Waals surface area contributed by atoms with Gasteiger partial charge < -0.3 is 15.4 Å². The number of likely N-dealkylation sites (tertiary alicyclic amines) is 1. The van der Waals surface area contributed by atoms with E-state index in [4.69, 9.17) is 10.5 Å². The van der Waals surface area contributed by atoms with Gasteiger partial charge in [0.25, 0.3) is 0 Å². The van der Waals surface area contributed by atoms with E-state index in [-0.39, 0.29) is 5.96 Å². The quantitative estimate of drug-likeness (QED) is 0.430. The van der Waals surface area contributed by atoms with Crippen LogP contribution in [0.2, 0.25) is 0 Å². The number of piperidine rings is 1. The van der Waals surface area contributed by atoms with Crippen molar-refractivity contribution in [2.45, 2.75) is 77.0 Å². The lowest BCUT2D eigenvalue weighted by atomic mass is 9.85. The third-order valence-corrected chi connectivity index (χ3v) is 7.96. The van der Waals surface area contributed by atoms with E-state index in [2.05, 4.69) is 44.5 Å². The standard InChI is InChI=1S/C24H40N6O3S/c1-2-3-17-30-23(25)27-34(31,32)28-24(30)26-14-9-18-33-22-13-8-10-19-20(22)11-7-12-21(19)29-15-5-4-6-16-29/h8,10,13,21,24,26,28H,2-7,9,11-12,14-18H2,1H3,(H2,25,27). The molecule has 0 bridgehead atoms. The van der Waals surface area contributed by atoms with Crippen LogP contribution in [0.5, 0.6) is 5.75 Å². The summed E-state index contributed by atoms with van der Waals surface area (Å²) in [6.07, 6.45) is 9.51. The molecule has 9 nitrogen and oxygen atoms in total. The van der Waals surface area contributed by atoms with E-state index in [9.17, 15) is 8.42 Å². The Morgan fingerprint density at radius 2 is 2.03 bits per heavy atom. The fraction of sp³-hybridized carbons (Fsp3) is 0.708. The van der Waals surface area contributed by atoms with Gasteiger partial charge in [-0.25, -0.2) is 0 Å². The average Bonchev–Trinajstić information content (AvgIpc) is 2.83. The molecule has 10 heteroatoms. The second-order valence-corrected chi connectivity index (χ2v) is 10.8. The van der Waals surface area contributed by atoms with Gasteiger partial charge in [0.2, 0.25) is 5.96 Å². The normalized spacial score (nSPS) is 25.0. The molecule has 1 fully saturated rings. The maximum absolute atomic E-state index is 12.0. The SMILES string of the molecule is CCCCN1C(N)=NS(=O)(=O)NC1NCCCOc1cccc2c1CCCC2N1CCCCC1. The largest absolute Gasteiger partial charge is 0.493 e. The van der Waals surface area contributed by atoms with Gasteiger partial charge in [0.15, 0.2) is 6.29 Å². The highest BCUT2D eigenvalue weighted by molar-refractivity contribution is 7.88. The number of nitrogens with one attached hydrogen (secondary N) is 2. The van der Waals surface area contributed by atoms with Gasteiger partial charge >= 0.3 is 10.2 Å². The number of ether oxygens (including phenoxy) is 1. The van der Waals surface area contributed by atoms with Gasteiger partial charge in [0.1, 0.15) is 5.75 Å². The Kier molecular flexibility index (Phi) is 8.68. The summed E-state index contributed by atoms with van der Waals surface area (Å²) in [4.78, 5) is 4.43. The average molecular weight is 493 g/mol. The molecule has 1 saturated heterocycles. The van der Waals surface area contributed by atoms with Crippen molar-refractivity contribution in [2.75, 3.05) is 32.8 Å². The molecule has 4 N–H and O–H groups in total. The van der Waals surface area contributed by atoms with Crippen LogP contribution in [0.3, 0.4) is 0 Å². The van der Waals surface area contributed by atoms with E-state index in [1.807, 2.05) is 0 Å². The number of fused-ring (bicyclic) bond motifs is 1. The number of nitrogens with zero attached hydrogens (tertiary/aromatic N) is 3. The molecule has 4 rings (SSSR count). The Labute approximate surface area is 204 Å². The maximum atomic E-state index is 12.0. The van der Waals surface area contributed by atoms with Crippen LogP contribution in [0.4, 0.5) is 0 Å². The lowest BCUT2D eigenvalue weighted by Crippen LogP contribution is -2.63. The molecule has 0 radical (unpaired) electrons. The zero-order valence-electron chi connectivity index (χ0n) is 20.3. The molecule has 1 aliphatic carbocycles. The highest BCUT2D eigenvalue weighted by atomic mass is 32.2. The van der Waals surface area contributed by atoms with Crippen LogP contribution in [0.15, 0.2) is 22.6 Å². The predicted octanol–water partition coefficient (Wildman–Crippen LogP) is 2.46. The molecule has 34 heavy (non-hydrogen) atoms. The molecule has 1 aromatic rings. The van der Waals surface area contributed by atoms with E-state index in [0.29, 0.717) is 25.7 Å². The summed E-state index contributed by atoms with van der Waals surface area (Å²) in [5.74, 6) is 1.03. The lowest BCUT2D eigenvalue weighted by Gasteiger charge is -2.38. The molecule has 2 aliphatic heterocycles. The molecule has 1 aromatic carbocycles. The fourth-order valence-electron chi connectivity index (χ4n) is 5.29. The smallest absolute Gasteiger partial charge is 0.325 e. The zero-order valence-corrected chi connectivity index (χ0v) is 21.2. The van der Waals surface area contributed by atoms with Gasteiger partial charge in [-0.1, -0.05) is 31.9 Å². The van der Waals surface area contributed by atoms with Crippen LogP contribution in [-0.2, 0) is 16.6 Å². The molecule has 0 saturated carbocycles. The van der Waals surface area contributed by atoms with Crippen molar-refractivity contribution in [3.8, 4) is 5.75 Å². The second-order valence-electron chi connectivity index (χ2n) is 9.48. The summed E-state index contributed by atoms with van der Waals surface area (Å²) in [5.41, 5.74) is 8.72. The van der Waals surface area contributed by atoms with E-state index in [1.54, 1.807) is 4.90 Å². The van der Waals surface area contributed by atoms with Gasteiger partial charge in [-0.2, -0.15) is 13.1 Å². The van der Waals surface area contributed by atoms with Gasteiger partial charge in [-0.3, -0.25) is 10.2 Å². The Bertz CT molecular complexity index is 948. The van der Waals surface area contributed by atoms with Crippen LogP contribution < -0.4 is 20.5 Å². The zero-order chi connectivity index (χ0) is 24.0. The van der Waals surface area contributed by atoms with Crippen molar-refractivity contribution in [3.63, 3.8) is 0 Å². The predicted molar refractivity (Wildman–Crippen MR) is 135 cm³/mol. The maximum Gasteiger partial charge on any atom is 0.325 e. The van der Waals surface area contributed by atoms with Crippen molar-refractivity contribution < 1.29 is 13.2 Å². The minimum Gasteiger partial charge on any atom is -0.493 e. The van der Waals surface area contributed by atoms with Crippen molar-refractivity contribution >= 4 is 16.2 Å². The molecule has 0 aromatic heterocycles. The summed E-state index contributed by atoms with van der Waals surface area (Å²) in [5, 5.41) is 3.25. The van der Waals surface area contributed by atoms with Crippen LogP contribution in [0, 0.1) is 0 Å². The highest BCUT2D eigenvalue weighted by Gasteiger charge is 2.31. The lowest BCUT2D eigenvalue weighted by molar-refractivity contribution is 0.147. The van der Waals surface area contributed by atoms with Crippen LogP contribution in [0.25, 0.3) is 0 Å². The first-order valence-electron chi connectivity index (χ1n) is 12.8. The first-order valence-corrected chi connectivity index (χ1v) is 14.3. The van der Waals surface area contributed by atoms with Crippen molar-refractivity contribution in [2.24, 2.45) is 10.1 Å². The number of guanidine groups is 1. The minimum absolute atomic E-state index is 0.0279. The fourth-order valence-corrected chi connectivity index (χ4v) is 6.19. The van der Waals surface area contributed by atoms with Gasteiger partial charge in [-0.15, -0.1) is 4.40 Å². The van der Waals surface area contributed by atoms with Crippen LogP contribution in [-0.4, -0.2) is 63.3 Å². The molecule has 2 atom stereocenters. The van der Waals surface area contributed by atoms with E-state index < -0.39 is 16.5 Å². The number of hydrogen-bond donors (Lipinski definition) is 3. The van der Waals surface area contributed by atoms with Crippen molar-refractivity contribution in [3.05, 3.63) is 29.3 Å². The first-order chi connectivity index (χ1) is 16.5.